The van der Waals surface area contributed by atoms with Gasteiger partial charge in [0.15, 0.2) is 27.1 Å². The minimum Gasteiger partial charge on any atom is -0.479 e. The van der Waals surface area contributed by atoms with Crippen molar-refractivity contribution < 1.29 is 31.1 Å². The van der Waals surface area contributed by atoms with Crippen LogP contribution in [0.3, 0.4) is 0 Å². The number of halogens is 4. The van der Waals surface area contributed by atoms with E-state index in [1.165, 1.54) is 29.8 Å². The number of hydrogen-bond acceptors (Lipinski definition) is 6. The van der Waals surface area contributed by atoms with Gasteiger partial charge in [-0.15, -0.1) is 10.2 Å². The second-order valence-electron chi connectivity index (χ2n) is 8.01. The number of rotatable bonds is 6. The summed E-state index contributed by atoms with van der Waals surface area (Å²) in [6, 6.07) is 7.20. The van der Waals surface area contributed by atoms with E-state index in [0.29, 0.717) is 16.3 Å². The van der Waals surface area contributed by atoms with Crippen molar-refractivity contribution in [3.63, 3.8) is 0 Å². The molecule has 3 rings (SSSR count). The predicted molar refractivity (Wildman–Crippen MR) is 121 cm³/mol. The van der Waals surface area contributed by atoms with Crippen LogP contribution in [0.25, 0.3) is 11.4 Å². The van der Waals surface area contributed by atoms with Gasteiger partial charge in [-0.3, -0.25) is 4.79 Å². The molecule has 1 amide bonds. The maximum Gasteiger partial charge on any atom is 0.417 e. The minimum atomic E-state index is -4.83. The molecule has 0 unspecified atom stereocenters. The third-order valence-electron chi connectivity index (χ3n) is 4.96. The summed E-state index contributed by atoms with van der Waals surface area (Å²) in [6.07, 6.45) is -4.00. The van der Waals surface area contributed by atoms with Gasteiger partial charge < -0.3 is 15.0 Å². The summed E-state index contributed by atoms with van der Waals surface area (Å²) in [5.74, 6) is -0.198. The van der Waals surface area contributed by atoms with Crippen LogP contribution < -0.4 is 10.5 Å². The molecule has 0 aliphatic carbocycles. The van der Waals surface area contributed by atoms with Crippen molar-refractivity contribution in [3.8, 4) is 17.1 Å². The first-order valence-corrected chi connectivity index (χ1v) is 12.3. The Labute approximate surface area is 202 Å². The molecule has 8 nitrogen and oxygen atoms in total. The van der Waals surface area contributed by atoms with Gasteiger partial charge >= 0.3 is 6.18 Å². The van der Waals surface area contributed by atoms with Crippen LogP contribution in [0.4, 0.5) is 13.2 Å². The molecule has 182 valence electrons. The molecule has 3 aromatic rings. The summed E-state index contributed by atoms with van der Waals surface area (Å²) in [5.41, 5.74) is 2.88. The number of nitrogens with two attached hydrogens (primary N) is 1. The van der Waals surface area contributed by atoms with Crippen LogP contribution in [-0.4, -0.2) is 35.3 Å². The van der Waals surface area contributed by atoms with E-state index in [9.17, 15) is 26.4 Å². The fraction of sp³-hybridized carbons (Fsp3) is 0.286. The zero-order valence-electron chi connectivity index (χ0n) is 18.4. The quantitative estimate of drug-likeness (QED) is 0.485. The standard InChI is InChI=1S/C21H20BrF3N4O4S/c1-20(2,33-16-8-5-11(17(26)30)9-15(16)22)19-28-27-18(29(19)3)13-7-6-12(34(4,31)32)10-14(13)21(23,24)25/h5-10H,1-4H3,(H2,26,30). The Bertz CT molecular complexity index is 1390. The number of sulfone groups is 1. The molecule has 2 N–H and O–H groups in total. The summed E-state index contributed by atoms with van der Waals surface area (Å²) in [4.78, 5) is 10.9. The largest absolute Gasteiger partial charge is 0.479 e. The Morgan fingerprint density at radius 2 is 1.76 bits per heavy atom. The summed E-state index contributed by atoms with van der Waals surface area (Å²) in [7, 11) is -2.38. The van der Waals surface area contributed by atoms with E-state index >= 15 is 0 Å². The normalized spacial score (nSPS) is 12.6. The average Bonchev–Trinajstić information content (AvgIpc) is 3.09. The zero-order valence-corrected chi connectivity index (χ0v) is 20.8. The number of hydrogen-bond donors (Lipinski definition) is 1. The molecule has 0 radical (unpaired) electrons. The number of carbonyl (C=O) groups is 1. The summed E-state index contributed by atoms with van der Waals surface area (Å²) in [5, 5.41) is 7.97. The van der Waals surface area contributed by atoms with Crippen LogP contribution in [0.1, 0.15) is 35.6 Å². The van der Waals surface area contributed by atoms with Crippen molar-refractivity contribution in [2.24, 2.45) is 12.8 Å². The van der Waals surface area contributed by atoms with Crippen molar-refractivity contribution in [2.75, 3.05) is 6.26 Å². The topological polar surface area (TPSA) is 117 Å². The van der Waals surface area contributed by atoms with Gasteiger partial charge in [0.2, 0.25) is 5.91 Å². The SMILES string of the molecule is Cn1c(-c2ccc(S(C)(=O)=O)cc2C(F)(F)F)nnc1C(C)(C)Oc1ccc(C(N)=O)cc1Br. The molecule has 0 spiro atoms. The van der Waals surface area contributed by atoms with E-state index in [1.807, 2.05) is 0 Å². The number of benzene rings is 2. The molecule has 34 heavy (non-hydrogen) atoms. The summed E-state index contributed by atoms with van der Waals surface area (Å²) >= 11 is 3.31. The highest BCUT2D eigenvalue weighted by Gasteiger charge is 2.37. The molecule has 1 heterocycles. The van der Waals surface area contributed by atoms with Crippen molar-refractivity contribution >= 4 is 31.7 Å². The van der Waals surface area contributed by atoms with Crippen LogP contribution in [0.15, 0.2) is 45.8 Å². The average molecular weight is 561 g/mol. The van der Waals surface area contributed by atoms with Crippen molar-refractivity contribution in [2.45, 2.75) is 30.5 Å². The molecule has 0 saturated carbocycles. The monoisotopic (exact) mass is 560 g/mol. The second kappa shape index (κ2) is 8.69. The second-order valence-corrected chi connectivity index (χ2v) is 10.9. The third kappa shape index (κ3) is 5.09. The predicted octanol–water partition coefficient (Wildman–Crippen LogP) is 4.08. The molecular weight excluding hydrogens is 541 g/mol. The zero-order chi connectivity index (χ0) is 25.6. The molecule has 0 fully saturated rings. The van der Waals surface area contributed by atoms with Crippen molar-refractivity contribution in [1.82, 2.24) is 14.8 Å². The van der Waals surface area contributed by atoms with Gasteiger partial charge in [-0.2, -0.15) is 13.2 Å². The fourth-order valence-corrected chi connectivity index (χ4v) is 4.44. The van der Waals surface area contributed by atoms with Gasteiger partial charge in [-0.25, -0.2) is 8.42 Å². The molecule has 0 bridgehead atoms. The first-order chi connectivity index (χ1) is 15.5. The number of carbonyl (C=O) groups excluding carboxylic acids is 1. The lowest BCUT2D eigenvalue weighted by atomic mass is 10.1. The van der Waals surface area contributed by atoms with E-state index in [0.717, 1.165) is 18.4 Å². The van der Waals surface area contributed by atoms with Gasteiger partial charge in [0, 0.05) is 24.4 Å². The Kier molecular flexibility index (Phi) is 6.57. The van der Waals surface area contributed by atoms with Crippen LogP contribution in [0.5, 0.6) is 5.75 Å². The van der Waals surface area contributed by atoms with E-state index in [1.54, 1.807) is 13.8 Å². The Hall–Kier alpha value is -2.93. The molecule has 0 atom stereocenters. The Morgan fingerprint density at radius 3 is 2.29 bits per heavy atom. The lowest BCUT2D eigenvalue weighted by Gasteiger charge is -2.26. The highest BCUT2D eigenvalue weighted by atomic mass is 79.9. The first kappa shape index (κ1) is 25.7. The number of nitrogens with zero attached hydrogens (tertiary/aromatic N) is 3. The number of ether oxygens (including phenoxy) is 1. The number of primary amides is 1. The van der Waals surface area contributed by atoms with Gasteiger partial charge in [-0.05, 0) is 66.2 Å². The molecular formula is C21H20BrF3N4O4S. The van der Waals surface area contributed by atoms with Gasteiger partial charge in [-0.1, -0.05) is 0 Å². The molecule has 0 aliphatic heterocycles. The van der Waals surface area contributed by atoms with Crippen LogP contribution in [0.2, 0.25) is 0 Å². The molecule has 1 aromatic heterocycles. The molecule has 0 aliphatic rings. The van der Waals surface area contributed by atoms with Crippen LogP contribution in [0, 0.1) is 0 Å². The summed E-state index contributed by atoms with van der Waals surface area (Å²) in [6.45, 7) is 3.29. The van der Waals surface area contributed by atoms with E-state index in [-0.39, 0.29) is 22.8 Å². The molecule has 2 aromatic carbocycles. The van der Waals surface area contributed by atoms with Gasteiger partial charge in [0.1, 0.15) is 5.75 Å². The molecule has 0 saturated heterocycles. The van der Waals surface area contributed by atoms with E-state index in [4.69, 9.17) is 10.5 Å². The van der Waals surface area contributed by atoms with E-state index in [2.05, 4.69) is 26.1 Å². The lowest BCUT2D eigenvalue weighted by Crippen LogP contribution is -2.29. The van der Waals surface area contributed by atoms with Crippen molar-refractivity contribution in [1.29, 1.82) is 0 Å². The smallest absolute Gasteiger partial charge is 0.417 e. The van der Waals surface area contributed by atoms with Crippen LogP contribution in [-0.2, 0) is 28.7 Å². The maximum absolute atomic E-state index is 13.8. The van der Waals surface area contributed by atoms with Crippen molar-refractivity contribution in [3.05, 3.63) is 57.8 Å². The lowest BCUT2D eigenvalue weighted by molar-refractivity contribution is -0.137. The van der Waals surface area contributed by atoms with Gasteiger partial charge in [0.25, 0.3) is 0 Å². The third-order valence-corrected chi connectivity index (χ3v) is 6.69. The molecule has 13 heteroatoms. The minimum absolute atomic E-state index is 0.123. The fourth-order valence-electron chi connectivity index (χ4n) is 3.33. The highest BCUT2D eigenvalue weighted by molar-refractivity contribution is 9.10. The number of alkyl halides is 3. The first-order valence-electron chi connectivity index (χ1n) is 9.62. The number of amides is 1. The highest BCUT2D eigenvalue weighted by Crippen LogP contribution is 2.39. The maximum atomic E-state index is 13.8. The van der Waals surface area contributed by atoms with Crippen LogP contribution >= 0.6 is 15.9 Å². The summed E-state index contributed by atoms with van der Waals surface area (Å²) < 4.78 is 72.7. The van der Waals surface area contributed by atoms with Gasteiger partial charge in [0.05, 0.1) is 14.9 Å². The number of aromatic nitrogens is 3. The Balaban J connectivity index is 2.06. The Morgan fingerprint density at radius 1 is 1.12 bits per heavy atom. The van der Waals surface area contributed by atoms with E-state index < -0.39 is 38.0 Å².